The van der Waals surface area contributed by atoms with E-state index in [9.17, 15) is 0 Å². The Balaban J connectivity index is 2.39. The minimum absolute atomic E-state index is 0.473. The molecular weight excluding hydrogens is 327 g/mol. The Morgan fingerprint density at radius 2 is 1.48 bits per heavy atom. The van der Waals surface area contributed by atoms with Crippen LogP contribution >= 0.6 is 19.7 Å². The van der Waals surface area contributed by atoms with Crippen LogP contribution in [0, 0.1) is 0 Å². The Morgan fingerprint density at radius 1 is 0.957 bits per heavy atom. The molecule has 0 aromatic heterocycles. The highest BCUT2D eigenvalue weighted by atomic mass is 32.1. The third kappa shape index (κ3) is 4.98. The summed E-state index contributed by atoms with van der Waals surface area (Å²) in [6, 6.07) is 19.4. The van der Waals surface area contributed by atoms with E-state index in [-0.39, 0.29) is 0 Å². The van der Waals surface area contributed by atoms with E-state index in [2.05, 4.69) is 5.32 Å². The summed E-state index contributed by atoms with van der Waals surface area (Å²) in [7, 11) is -2.73. The summed E-state index contributed by atoms with van der Waals surface area (Å²) in [6.07, 6.45) is 0. The highest BCUT2D eigenvalue weighted by molar-refractivity contribution is 7.99. The van der Waals surface area contributed by atoms with Crippen molar-refractivity contribution in [3.63, 3.8) is 0 Å². The van der Waals surface area contributed by atoms with E-state index in [0.29, 0.717) is 17.9 Å². The molecule has 0 saturated heterocycles. The maximum Gasteiger partial charge on any atom is 0.276 e. The predicted octanol–water partition coefficient (Wildman–Crippen LogP) is 5.82. The van der Waals surface area contributed by atoms with Crippen LogP contribution < -0.4 is 5.32 Å². The molecule has 4 nitrogen and oxygen atoms in total. The fraction of sp³-hybridized carbons (Fsp3) is 0.235. The molecule has 0 unspecified atom stereocenters. The Bertz CT molecular complexity index is 668. The van der Waals surface area contributed by atoms with Crippen molar-refractivity contribution >= 4 is 35.8 Å². The molecule has 0 heterocycles. The first-order valence-corrected chi connectivity index (χ1v) is 9.52. The lowest BCUT2D eigenvalue weighted by Gasteiger charge is -2.24. The van der Waals surface area contributed by atoms with Crippen molar-refractivity contribution in [3.05, 3.63) is 60.7 Å². The summed E-state index contributed by atoms with van der Waals surface area (Å²) in [6.45, 7) is 4.78. The first kappa shape index (κ1) is 17.8. The minimum atomic E-state index is -2.73. The largest absolute Gasteiger partial charge is 0.341 e. The van der Waals surface area contributed by atoms with Crippen molar-refractivity contribution in [1.82, 2.24) is 0 Å². The van der Waals surface area contributed by atoms with E-state index in [4.69, 9.17) is 26.0 Å². The van der Waals surface area contributed by atoms with Crippen LogP contribution in [0.5, 0.6) is 0 Å². The van der Waals surface area contributed by atoms with Gasteiger partial charge in [-0.05, 0) is 38.1 Å². The van der Waals surface area contributed by atoms with E-state index in [1.165, 1.54) is 0 Å². The molecule has 0 bridgehead atoms. The van der Waals surface area contributed by atoms with Gasteiger partial charge in [-0.25, -0.2) is 4.74 Å². The number of hydrogen-bond acceptors (Lipinski definition) is 4. The molecular formula is C17H21N2O2PS. The SMILES string of the molecule is CCOP(=Nc1ccccc1)(OCC)C(=S)Nc1ccccc1. The summed E-state index contributed by atoms with van der Waals surface area (Å²) in [5.74, 6) is 0. The zero-order valence-corrected chi connectivity index (χ0v) is 15.0. The lowest BCUT2D eigenvalue weighted by Crippen LogP contribution is -2.14. The van der Waals surface area contributed by atoms with E-state index in [0.717, 1.165) is 11.4 Å². The molecule has 2 aromatic rings. The summed E-state index contributed by atoms with van der Waals surface area (Å²) in [5, 5.41) is 3.21. The predicted molar refractivity (Wildman–Crippen MR) is 101 cm³/mol. The van der Waals surface area contributed by atoms with Crippen molar-refractivity contribution in [2.75, 3.05) is 18.5 Å². The van der Waals surface area contributed by atoms with Gasteiger partial charge < -0.3 is 14.4 Å². The molecule has 0 atom stereocenters. The molecule has 0 aliphatic rings. The van der Waals surface area contributed by atoms with Crippen LogP contribution in [0.1, 0.15) is 13.8 Å². The average molecular weight is 348 g/mol. The standard InChI is InChI=1S/C17H21N2O2PS/c1-3-20-22(21-4-2,19-16-13-9-6-10-14-16)17(23)18-15-11-7-5-8-12-15/h5-14H,3-4H2,1-2H3,(H,18,23). The molecule has 0 saturated carbocycles. The van der Waals surface area contributed by atoms with Gasteiger partial charge >= 0.3 is 0 Å². The third-order valence-electron chi connectivity index (χ3n) is 2.89. The molecule has 0 fully saturated rings. The van der Waals surface area contributed by atoms with E-state index >= 15 is 0 Å². The lowest BCUT2D eigenvalue weighted by atomic mass is 10.3. The Morgan fingerprint density at radius 3 is 2.00 bits per heavy atom. The first-order chi connectivity index (χ1) is 11.2. The second-order valence-corrected chi connectivity index (χ2v) is 7.50. The van der Waals surface area contributed by atoms with E-state index in [1.807, 2.05) is 74.5 Å². The quantitative estimate of drug-likeness (QED) is 0.506. The molecule has 2 rings (SSSR count). The number of benzene rings is 2. The molecule has 0 aliphatic carbocycles. The average Bonchev–Trinajstić information content (AvgIpc) is 2.57. The third-order valence-corrected chi connectivity index (χ3v) is 6.02. The van der Waals surface area contributed by atoms with Gasteiger partial charge in [-0.1, -0.05) is 48.6 Å². The topological polar surface area (TPSA) is 42.9 Å². The molecule has 122 valence electrons. The van der Waals surface area contributed by atoms with Crippen molar-refractivity contribution in [2.24, 2.45) is 4.74 Å². The second kappa shape index (κ2) is 8.94. The van der Waals surface area contributed by atoms with Gasteiger partial charge in [-0.3, -0.25) is 0 Å². The van der Waals surface area contributed by atoms with Gasteiger partial charge in [0.25, 0.3) is 7.51 Å². The Kier molecular flexibility index (Phi) is 6.93. The number of anilines is 1. The van der Waals surface area contributed by atoms with Crippen LogP contribution in [0.4, 0.5) is 11.4 Å². The number of rotatable bonds is 7. The number of nitrogens with one attached hydrogen (secondary N) is 1. The van der Waals surface area contributed by atoms with Gasteiger partial charge in [0.15, 0.2) is 4.73 Å². The summed E-state index contributed by atoms with van der Waals surface area (Å²) in [5.41, 5.74) is 1.68. The van der Waals surface area contributed by atoms with Crippen LogP contribution in [-0.4, -0.2) is 17.9 Å². The number of nitrogens with zero attached hydrogens (tertiary/aromatic N) is 1. The Hall–Kier alpha value is -1.52. The molecule has 0 amide bonds. The maximum absolute atomic E-state index is 5.93. The number of thiocarbonyl (C=S) groups is 1. The monoisotopic (exact) mass is 348 g/mol. The van der Waals surface area contributed by atoms with E-state index in [1.54, 1.807) is 0 Å². The molecule has 6 heteroatoms. The maximum atomic E-state index is 5.93. The summed E-state index contributed by atoms with van der Waals surface area (Å²) < 4.78 is 17.1. The normalized spacial score (nSPS) is 11.0. The molecule has 0 aliphatic heterocycles. The van der Waals surface area contributed by atoms with Gasteiger partial charge in [0.1, 0.15) is 0 Å². The fourth-order valence-electron chi connectivity index (χ4n) is 1.97. The zero-order valence-electron chi connectivity index (χ0n) is 13.3. The fourth-order valence-corrected chi connectivity index (χ4v) is 4.45. The summed E-state index contributed by atoms with van der Waals surface area (Å²) in [4.78, 5) is 0. The number of hydrogen-bond donors (Lipinski definition) is 1. The van der Waals surface area contributed by atoms with Crippen LogP contribution in [0.3, 0.4) is 0 Å². The van der Waals surface area contributed by atoms with Crippen molar-refractivity contribution in [2.45, 2.75) is 13.8 Å². The lowest BCUT2D eigenvalue weighted by molar-refractivity contribution is 0.270. The number of para-hydroxylation sites is 1. The van der Waals surface area contributed by atoms with Gasteiger partial charge in [0.2, 0.25) is 0 Å². The summed E-state index contributed by atoms with van der Waals surface area (Å²) >= 11 is 5.59. The second-order valence-electron chi connectivity index (χ2n) is 4.59. The van der Waals surface area contributed by atoms with Crippen LogP contribution in [0.25, 0.3) is 0 Å². The minimum Gasteiger partial charge on any atom is -0.341 e. The molecule has 2 aromatic carbocycles. The van der Waals surface area contributed by atoms with Gasteiger partial charge in [0.05, 0.1) is 18.9 Å². The molecule has 0 radical (unpaired) electrons. The van der Waals surface area contributed by atoms with Crippen LogP contribution in [-0.2, 0) is 9.05 Å². The van der Waals surface area contributed by atoms with Gasteiger partial charge in [-0.2, -0.15) is 0 Å². The van der Waals surface area contributed by atoms with Crippen LogP contribution in [0.2, 0.25) is 0 Å². The molecule has 23 heavy (non-hydrogen) atoms. The smallest absolute Gasteiger partial charge is 0.276 e. The van der Waals surface area contributed by atoms with Crippen molar-refractivity contribution < 1.29 is 9.05 Å². The molecule has 1 N–H and O–H groups in total. The Labute approximate surface area is 143 Å². The van der Waals surface area contributed by atoms with Gasteiger partial charge in [0, 0.05) is 5.69 Å². The highest BCUT2D eigenvalue weighted by Gasteiger charge is 2.28. The van der Waals surface area contributed by atoms with Gasteiger partial charge in [-0.15, -0.1) is 0 Å². The van der Waals surface area contributed by atoms with E-state index < -0.39 is 7.51 Å². The van der Waals surface area contributed by atoms with Crippen molar-refractivity contribution in [1.29, 1.82) is 0 Å². The zero-order chi connectivity index (χ0) is 16.5. The van der Waals surface area contributed by atoms with Crippen LogP contribution in [0.15, 0.2) is 65.4 Å². The first-order valence-electron chi connectivity index (χ1n) is 7.53. The highest BCUT2D eigenvalue weighted by Crippen LogP contribution is 2.55. The molecule has 0 spiro atoms. The van der Waals surface area contributed by atoms with Crippen molar-refractivity contribution in [3.8, 4) is 0 Å².